The summed E-state index contributed by atoms with van der Waals surface area (Å²) in [6.07, 6.45) is 1.09. The molecule has 0 fully saturated rings. The van der Waals surface area contributed by atoms with Crippen LogP contribution in [0.3, 0.4) is 0 Å². The molecule has 0 spiro atoms. The lowest BCUT2D eigenvalue weighted by atomic mass is 9.98. The van der Waals surface area contributed by atoms with Crippen LogP contribution in [0.25, 0.3) is 0 Å². The van der Waals surface area contributed by atoms with Crippen LogP contribution in [0.2, 0.25) is 5.02 Å². The number of hydrogen-bond donors (Lipinski definition) is 1. The summed E-state index contributed by atoms with van der Waals surface area (Å²) in [5.41, 5.74) is 3.77. The molecule has 0 aliphatic carbocycles. The number of sulfonamides is 1. The fraction of sp³-hybridized carbons (Fsp3) is 0.381. The minimum absolute atomic E-state index is 0.215. The second kappa shape index (κ2) is 8.53. The molecule has 0 saturated heterocycles. The lowest BCUT2D eigenvalue weighted by Crippen LogP contribution is -2.45. The van der Waals surface area contributed by atoms with Gasteiger partial charge in [-0.15, -0.1) is 0 Å². The van der Waals surface area contributed by atoms with Gasteiger partial charge in [-0.1, -0.05) is 49.7 Å². The molecular formula is C21H27ClN2O3S. The quantitative estimate of drug-likeness (QED) is 0.721. The number of nitrogens with zero attached hydrogens (tertiary/aromatic N) is 1. The average molecular weight is 423 g/mol. The third-order valence-corrected chi connectivity index (χ3v) is 6.13. The van der Waals surface area contributed by atoms with E-state index in [1.165, 1.54) is 0 Å². The average Bonchev–Trinajstić information content (AvgIpc) is 2.58. The van der Waals surface area contributed by atoms with E-state index < -0.39 is 22.0 Å². The third-order valence-electron chi connectivity index (χ3n) is 4.67. The van der Waals surface area contributed by atoms with Crippen LogP contribution in [-0.4, -0.2) is 26.6 Å². The smallest absolute Gasteiger partial charge is 0.248 e. The molecule has 0 heterocycles. The molecule has 2 aromatic rings. The Labute approximate surface area is 172 Å². The van der Waals surface area contributed by atoms with Crippen molar-refractivity contribution in [3.63, 3.8) is 0 Å². The van der Waals surface area contributed by atoms with Crippen LogP contribution in [0.4, 0.5) is 11.4 Å². The fourth-order valence-corrected chi connectivity index (χ4v) is 4.56. The Hall–Kier alpha value is -2.05. The highest BCUT2D eigenvalue weighted by molar-refractivity contribution is 7.92. The highest BCUT2D eigenvalue weighted by atomic mass is 35.5. The van der Waals surface area contributed by atoms with Gasteiger partial charge in [0.15, 0.2) is 0 Å². The summed E-state index contributed by atoms with van der Waals surface area (Å²) in [7, 11) is -3.72. The Bertz CT molecular complexity index is 987. The Morgan fingerprint density at radius 3 is 2.29 bits per heavy atom. The Balaban J connectivity index is 2.46. The summed E-state index contributed by atoms with van der Waals surface area (Å²) in [4.78, 5) is 13.0. The first kappa shape index (κ1) is 22.2. The maximum absolute atomic E-state index is 13.0. The zero-order chi connectivity index (χ0) is 21.2. The first-order valence-electron chi connectivity index (χ1n) is 9.09. The van der Waals surface area contributed by atoms with Gasteiger partial charge < -0.3 is 5.32 Å². The van der Waals surface area contributed by atoms with Gasteiger partial charge in [0.2, 0.25) is 15.9 Å². The minimum Gasteiger partial charge on any atom is -0.324 e. The molecule has 0 aliphatic rings. The summed E-state index contributed by atoms with van der Waals surface area (Å²) < 4.78 is 26.2. The van der Waals surface area contributed by atoms with Crippen molar-refractivity contribution in [2.75, 3.05) is 15.9 Å². The molecule has 1 amide bonds. The first-order valence-corrected chi connectivity index (χ1v) is 11.3. The summed E-state index contributed by atoms with van der Waals surface area (Å²) >= 11 is 6.08. The largest absolute Gasteiger partial charge is 0.324 e. The predicted molar refractivity (Wildman–Crippen MR) is 117 cm³/mol. The van der Waals surface area contributed by atoms with Crippen molar-refractivity contribution in [3.8, 4) is 0 Å². The van der Waals surface area contributed by atoms with E-state index in [9.17, 15) is 13.2 Å². The molecule has 2 rings (SSSR count). The van der Waals surface area contributed by atoms with Crippen LogP contribution in [0.1, 0.15) is 43.4 Å². The summed E-state index contributed by atoms with van der Waals surface area (Å²) in [5.74, 6) is -0.187. The molecule has 28 heavy (non-hydrogen) atoms. The molecular weight excluding hydrogens is 396 g/mol. The molecule has 1 N–H and O–H groups in total. The van der Waals surface area contributed by atoms with Crippen molar-refractivity contribution < 1.29 is 13.2 Å². The van der Waals surface area contributed by atoms with Gasteiger partial charge in [-0.3, -0.25) is 9.10 Å². The van der Waals surface area contributed by atoms with Crippen LogP contribution in [0.15, 0.2) is 36.4 Å². The molecule has 152 valence electrons. The van der Waals surface area contributed by atoms with Gasteiger partial charge in [-0.25, -0.2) is 8.42 Å². The van der Waals surface area contributed by atoms with E-state index in [1.807, 2.05) is 39.0 Å². The molecule has 1 atom stereocenters. The standard InChI is InChI=1S/C21H27ClN2O3S/c1-13(2)18-9-7-8-15(4)20(18)23-21(25)16(5)24(28(6,26)27)19-12-17(22)11-10-14(19)3/h7-13,16H,1-6H3,(H,23,25)/t16-/m0/s1. The summed E-state index contributed by atoms with van der Waals surface area (Å²) in [6.45, 7) is 9.37. The number of halogens is 1. The van der Waals surface area contributed by atoms with E-state index in [2.05, 4.69) is 5.32 Å². The molecule has 2 aromatic carbocycles. The van der Waals surface area contributed by atoms with Gasteiger partial charge >= 0.3 is 0 Å². The van der Waals surface area contributed by atoms with Crippen molar-refractivity contribution in [2.45, 2.75) is 46.6 Å². The number of nitrogens with one attached hydrogen (secondary N) is 1. The van der Waals surface area contributed by atoms with Crippen molar-refractivity contribution in [1.29, 1.82) is 0 Å². The second-order valence-electron chi connectivity index (χ2n) is 7.35. The van der Waals surface area contributed by atoms with E-state index in [4.69, 9.17) is 11.6 Å². The molecule has 0 bridgehead atoms. The van der Waals surface area contributed by atoms with E-state index >= 15 is 0 Å². The number of hydrogen-bond acceptors (Lipinski definition) is 3. The zero-order valence-corrected chi connectivity index (χ0v) is 18.6. The van der Waals surface area contributed by atoms with Crippen molar-refractivity contribution in [1.82, 2.24) is 0 Å². The minimum atomic E-state index is -3.72. The van der Waals surface area contributed by atoms with E-state index in [1.54, 1.807) is 32.0 Å². The van der Waals surface area contributed by atoms with E-state index in [0.29, 0.717) is 16.3 Å². The lowest BCUT2D eigenvalue weighted by Gasteiger charge is -2.30. The van der Waals surface area contributed by atoms with Crippen LogP contribution >= 0.6 is 11.6 Å². The van der Waals surface area contributed by atoms with Crippen molar-refractivity contribution in [3.05, 3.63) is 58.1 Å². The van der Waals surface area contributed by atoms with Gasteiger partial charge in [-0.2, -0.15) is 0 Å². The Morgan fingerprint density at radius 2 is 1.71 bits per heavy atom. The highest BCUT2D eigenvalue weighted by Crippen LogP contribution is 2.30. The van der Waals surface area contributed by atoms with Crippen LogP contribution in [0.5, 0.6) is 0 Å². The summed E-state index contributed by atoms with van der Waals surface area (Å²) in [5, 5.41) is 3.34. The van der Waals surface area contributed by atoms with Gasteiger partial charge in [0.05, 0.1) is 11.9 Å². The number of amides is 1. The van der Waals surface area contributed by atoms with Gasteiger partial charge in [0, 0.05) is 10.7 Å². The van der Waals surface area contributed by atoms with Gasteiger partial charge in [0.1, 0.15) is 6.04 Å². The van der Waals surface area contributed by atoms with Crippen molar-refractivity contribution >= 4 is 38.9 Å². The first-order chi connectivity index (χ1) is 12.9. The van der Waals surface area contributed by atoms with E-state index in [-0.39, 0.29) is 5.92 Å². The zero-order valence-electron chi connectivity index (χ0n) is 17.1. The normalized spacial score (nSPS) is 12.7. The Morgan fingerprint density at radius 1 is 1.07 bits per heavy atom. The molecule has 0 saturated carbocycles. The molecule has 0 aliphatic heterocycles. The number of benzene rings is 2. The molecule has 0 radical (unpaired) electrons. The number of anilines is 2. The number of carbonyl (C=O) groups excluding carboxylic acids is 1. The predicted octanol–water partition coefficient (Wildman–Crippen LogP) is 4.87. The summed E-state index contributed by atoms with van der Waals surface area (Å²) in [6, 6.07) is 9.87. The topological polar surface area (TPSA) is 66.5 Å². The fourth-order valence-electron chi connectivity index (χ4n) is 3.17. The van der Waals surface area contributed by atoms with Crippen LogP contribution in [-0.2, 0) is 14.8 Å². The highest BCUT2D eigenvalue weighted by Gasteiger charge is 2.31. The number of aryl methyl sites for hydroxylation is 2. The number of rotatable bonds is 6. The maximum atomic E-state index is 13.0. The van der Waals surface area contributed by atoms with Crippen molar-refractivity contribution in [2.24, 2.45) is 0 Å². The van der Waals surface area contributed by atoms with Crippen LogP contribution in [0, 0.1) is 13.8 Å². The Kier molecular flexibility index (Phi) is 6.78. The maximum Gasteiger partial charge on any atom is 0.248 e. The van der Waals surface area contributed by atoms with Gasteiger partial charge in [0.25, 0.3) is 0 Å². The second-order valence-corrected chi connectivity index (χ2v) is 9.64. The number of carbonyl (C=O) groups is 1. The molecule has 0 aromatic heterocycles. The molecule has 7 heteroatoms. The van der Waals surface area contributed by atoms with Crippen LogP contribution < -0.4 is 9.62 Å². The molecule has 0 unspecified atom stereocenters. The monoisotopic (exact) mass is 422 g/mol. The van der Waals surface area contributed by atoms with E-state index in [0.717, 1.165) is 27.4 Å². The van der Waals surface area contributed by atoms with Gasteiger partial charge in [-0.05, 0) is 55.5 Å². The lowest BCUT2D eigenvalue weighted by molar-refractivity contribution is -0.116. The molecule has 5 nitrogen and oxygen atoms in total. The third kappa shape index (κ3) is 4.86. The SMILES string of the molecule is Cc1ccc(Cl)cc1N([C@@H](C)C(=O)Nc1c(C)cccc1C(C)C)S(C)(=O)=O. The number of para-hydroxylation sites is 1.